The van der Waals surface area contributed by atoms with Crippen LogP contribution in [0.2, 0.25) is 0 Å². The number of nitro benzene ring substituents is 1. The predicted octanol–water partition coefficient (Wildman–Crippen LogP) is 2.27. The van der Waals surface area contributed by atoms with E-state index in [0.717, 1.165) is 12.1 Å². The third-order valence-electron chi connectivity index (χ3n) is 2.74. The van der Waals surface area contributed by atoms with Gasteiger partial charge in [-0.3, -0.25) is 10.1 Å². The summed E-state index contributed by atoms with van der Waals surface area (Å²) in [5.41, 5.74) is 3.71. The topological polar surface area (TPSA) is 107 Å². The molecule has 0 saturated carbocycles. The van der Waals surface area contributed by atoms with Crippen molar-refractivity contribution >= 4 is 11.8 Å². The van der Waals surface area contributed by atoms with E-state index in [1.54, 1.807) is 20.8 Å². The second kappa shape index (κ2) is 7.32. The molecule has 0 aliphatic carbocycles. The van der Waals surface area contributed by atoms with Crippen LogP contribution < -0.4 is 11.1 Å². The molecule has 0 heterocycles. The predicted molar refractivity (Wildman–Crippen MR) is 78.9 cm³/mol. The number of carbonyl (C=O) groups excluding carboxylic acids is 1. The first kappa shape index (κ1) is 18.8. The molecule has 0 radical (unpaired) electrons. The summed E-state index contributed by atoms with van der Waals surface area (Å²) in [6, 6.07) is 0.719. The third kappa shape index (κ3) is 5.78. The fraction of sp³-hybridized carbons (Fsp3) is 0.500. The standard InChI is InChI=1S/C14H19F2N3O4/c1-14(2,3)23-13(20)18-7-8(17)6-9-10(15)4-5-11(12(9)16)19(21)22/h4-5,8H,6-7,17H2,1-3H3,(H,18,20). The van der Waals surface area contributed by atoms with Crippen LogP contribution in [0.5, 0.6) is 0 Å². The summed E-state index contributed by atoms with van der Waals surface area (Å²) < 4.78 is 32.6. The largest absolute Gasteiger partial charge is 0.444 e. The minimum atomic E-state index is -1.26. The monoisotopic (exact) mass is 331 g/mol. The summed E-state index contributed by atoms with van der Waals surface area (Å²) >= 11 is 0. The van der Waals surface area contributed by atoms with Crippen molar-refractivity contribution < 1.29 is 23.2 Å². The molecule has 0 spiro atoms. The highest BCUT2D eigenvalue weighted by Crippen LogP contribution is 2.23. The molecule has 0 aliphatic rings. The van der Waals surface area contributed by atoms with Gasteiger partial charge in [-0.25, -0.2) is 9.18 Å². The maximum atomic E-state index is 13.9. The van der Waals surface area contributed by atoms with E-state index in [0.29, 0.717) is 0 Å². The van der Waals surface area contributed by atoms with Gasteiger partial charge in [0.05, 0.1) is 4.92 Å². The van der Waals surface area contributed by atoms with Crippen molar-refractivity contribution in [2.45, 2.75) is 38.8 Å². The van der Waals surface area contributed by atoms with E-state index in [9.17, 15) is 23.7 Å². The van der Waals surface area contributed by atoms with Crippen LogP contribution in [0, 0.1) is 21.7 Å². The van der Waals surface area contributed by atoms with Crippen molar-refractivity contribution in [3.63, 3.8) is 0 Å². The first-order chi connectivity index (χ1) is 10.5. The van der Waals surface area contributed by atoms with E-state index in [-0.39, 0.29) is 13.0 Å². The third-order valence-corrected chi connectivity index (χ3v) is 2.74. The lowest BCUT2D eigenvalue weighted by atomic mass is 10.0. The van der Waals surface area contributed by atoms with E-state index in [1.807, 2.05) is 0 Å². The van der Waals surface area contributed by atoms with E-state index < -0.39 is 45.5 Å². The summed E-state index contributed by atoms with van der Waals surface area (Å²) in [6.45, 7) is 4.94. The Morgan fingerprint density at radius 1 is 1.43 bits per heavy atom. The normalized spacial score (nSPS) is 12.6. The van der Waals surface area contributed by atoms with Gasteiger partial charge in [0.1, 0.15) is 11.4 Å². The number of nitrogens with two attached hydrogens (primary N) is 1. The quantitative estimate of drug-likeness (QED) is 0.635. The minimum Gasteiger partial charge on any atom is -0.444 e. The second-order valence-corrected chi connectivity index (χ2v) is 5.96. The molecule has 3 N–H and O–H groups in total. The number of alkyl carbamates (subject to hydrolysis) is 1. The summed E-state index contributed by atoms with van der Waals surface area (Å²) in [6.07, 6.45) is -1.03. The van der Waals surface area contributed by atoms with Gasteiger partial charge < -0.3 is 15.8 Å². The van der Waals surface area contributed by atoms with Gasteiger partial charge in [0, 0.05) is 24.2 Å². The van der Waals surface area contributed by atoms with Gasteiger partial charge in [0.15, 0.2) is 0 Å². The number of benzene rings is 1. The zero-order chi connectivity index (χ0) is 17.8. The van der Waals surface area contributed by atoms with E-state index in [2.05, 4.69) is 5.32 Å². The number of ether oxygens (including phenoxy) is 1. The smallest absolute Gasteiger partial charge is 0.407 e. The average Bonchev–Trinajstić information content (AvgIpc) is 2.38. The molecule has 7 nitrogen and oxygen atoms in total. The number of nitro groups is 1. The Kier molecular flexibility index (Phi) is 5.97. The first-order valence-corrected chi connectivity index (χ1v) is 6.85. The van der Waals surface area contributed by atoms with E-state index in [4.69, 9.17) is 10.5 Å². The van der Waals surface area contributed by atoms with Crippen molar-refractivity contribution in [2.75, 3.05) is 6.54 Å². The molecule has 0 saturated heterocycles. The maximum absolute atomic E-state index is 13.9. The number of rotatable bonds is 5. The first-order valence-electron chi connectivity index (χ1n) is 6.85. The number of amides is 1. The number of carbonyl (C=O) groups is 1. The van der Waals surface area contributed by atoms with Gasteiger partial charge in [0.2, 0.25) is 5.82 Å². The molecule has 1 amide bonds. The van der Waals surface area contributed by atoms with Crippen LogP contribution in [0.25, 0.3) is 0 Å². The van der Waals surface area contributed by atoms with Gasteiger partial charge in [-0.1, -0.05) is 0 Å². The zero-order valence-corrected chi connectivity index (χ0v) is 13.1. The molecule has 1 unspecified atom stereocenters. The Bertz CT molecular complexity index is 602. The second-order valence-electron chi connectivity index (χ2n) is 5.96. The van der Waals surface area contributed by atoms with Crippen LogP contribution >= 0.6 is 0 Å². The van der Waals surface area contributed by atoms with Gasteiger partial charge >= 0.3 is 11.8 Å². The van der Waals surface area contributed by atoms with Crippen molar-refractivity contribution in [1.29, 1.82) is 0 Å². The minimum absolute atomic E-state index is 0.101. The Morgan fingerprint density at radius 2 is 2.04 bits per heavy atom. The zero-order valence-electron chi connectivity index (χ0n) is 13.1. The highest BCUT2D eigenvalue weighted by atomic mass is 19.1. The fourth-order valence-electron chi connectivity index (χ4n) is 1.78. The molecule has 0 aromatic heterocycles. The Hall–Kier alpha value is -2.29. The van der Waals surface area contributed by atoms with Crippen molar-refractivity contribution in [3.8, 4) is 0 Å². The Labute approximate surface area is 131 Å². The van der Waals surface area contributed by atoms with Crippen LogP contribution in [-0.4, -0.2) is 29.2 Å². The fourth-order valence-corrected chi connectivity index (χ4v) is 1.78. The van der Waals surface area contributed by atoms with Crippen LogP contribution in [0.1, 0.15) is 26.3 Å². The molecular weight excluding hydrogens is 312 g/mol. The molecule has 0 bridgehead atoms. The maximum Gasteiger partial charge on any atom is 0.407 e. The van der Waals surface area contributed by atoms with E-state index >= 15 is 0 Å². The van der Waals surface area contributed by atoms with Crippen molar-refractivity contribution in [1.82, 2.24) is 5.32 Å². The van der Waals surface area contributed by atoms with Crippen LogP contribution in [0.15, 0.2) is 12.1 Å². The van der Waals surface area contributed by atoms with Crippen molar-refractivity contribution in [2.24, 2.45) is 5.73 Å². The lowest BCUT2D eigenvalue weighted by Crippen LogP contribution is -2.41. The van der Waals surface area contributed by atoms with Gasteiger partial charge in [-0.2, -0.15) is 4.39 Å². The van der Waals surface area contributed by atoms with Gasteiger partial charge in [-0.15, -0.1) is 0 Å². The molecule has 1 atom stereocenters. The number of halogens is 2. The molecule has 1 aromatic carbocycles. The molecule has 1 rings (SSSR count). The van der Waals surface area contributed by atoms with Crippen LogP contribution in [0.4, 0.5) is 19.3 Å². The SMILES string of the molecule is CC(C)(C)OC(=O)NCC(N)Cc1c(F)ccc([N+](=O)[O-])c1F. The Morgan fingerprint density at radius 3 is 2.57 bits per heavy atom. The molecule has 0 aliphatic heterocycles. The number of hydrogen-bond donors (Lipinski definition) is 2. The Balaban J connectivity index is 2.71. The summed E-state index contributed by atoms with van der Waals surface area (Å²) in [7, 11) is 0. The molecular formula is C14H19F2N3O4. The highest BCUT2D eigenvalue weighted by molar-refractivity contribution is 5.67. The summed E-state index contributed by atoms with van der Waals surface area (Å²) in [5, 5.41) is 13.0. The van der Waals surface area contributed by atoms with Crippen molar-refractivity contribution in [3.05, 3.63) is 39.4 Å². The summed E-state index contributed by atoms with van der Waals surface area (Å²) in [4.78, 5) is 21.2. The highest BCUT2D eigenvalue weighted by Gasteiger charge is 2.23. The van der Waals surface area contributed by atoms with Gasteiger partial charge in [-0.05, 0) is 33.3 Å². The van der Waals surface area contributed by atoms with Crippen LogP contribution in [0.3, 0.4) is 0 Å². The van der Waals surface area contributed by atoms with Crippen LogP contribution in [-0.2, 0) is 11.2 Å². The number of nitrogens with zero attached hydrogens (tertiary/aromatic N) is 1. The van der Waals surface area contributed by atoms with Gasteiger partial charge in [0.25, 0.3) is 0 Å². The molecule has 1 aromatic rings. The molecule has 9 heteroatoms. The van der Waals surface area contributed by atoms with E-state index in [1.165, 1.54) is 0 Å². The lowest BCUT2D eigenvalue weighted by molar-refractivity contribution is -0.387. The molecule has 128 valence electrons. The molecule has 0 fully saturated rings. The summed E-state index contributed by atoms with van der Waals surface area (Å²) in [5.74, 6) is -2.19. The lowest BCUT2D eigenvalue weighted by Gasteiger charge is -2.21. The average molecular weight is 331 g/mol. The molecule has 23 heavy (non-hydrogen) atoms. The number of nitrogens with one attached hydrogen (secondary N) is 1. The number of hydrogen-bond acceptors (Lipinski definition) is 5.